The lowest BCUT2D eigenvalue weighted by molar-refractivity contribution is -0.135. The molecule has 0 aliphatic carbocycles. The van der Waals surface area contributed by atoms with Crippen LogP contribution < -0.4 is 5.32 Å². The molecule has 0 spiro atoms. The van der Waals surface area contributed by atoms with Gasteiger partial charge in [-0.3, -0.25) is 14.4 Å². The number of amides is 2. The Hall–Kier alpha value is -4.91. The fourth-order valence-corrected chi connectivity index (χ4v) is 4.58. The predicted molar refractivity (Wildman–Crippen MR) is 158 cm³/mol. The van der Waals surface area contributed by atoms with E-state index in [1.807, 2.05) is 68.5 Å². The quantitative estimate of drug-likeness (QED) is 0.306. The monoisotopic (exact) mass is 533 g/mol. The maximum Gasteiger partial charge on any atom is 0.246 e. The number of likely N-dealkylation sites (tertiary alicyclic amines) is 1. The van der Waals surface area contributed by atoms with Crippen LogP contribution >= 0.6 is 0 Å². The number of aryl methyl sites for hydroxylation is 2. The molecule has 0 unspecified atom stereocenters. The second-order valence-electron chi connectivity index (χ2n) is 9.84. The molecule has 7 nitrogen and oxygen atoms in total. The SMILES string of the molecule is C=CC(=O)N[C@@H](Cc1ccccc1)C(=O)N1C/C(=C\c2ccc(N=O)cc2)C(=O)/C(=C/c2ccc(C)c(C)c2)C1. The fraction of sp³-hybridized carbons (Fsp3) is 0.182. The smallest absolute Gasteiger partial charge is 0.246 e. The fourth-order valence-electron chi connectivity index (χ4n) is 4.58. The number of hydrogen-bond acceptors (Lipinski definition) is 5. The second kappa shape index (κ2) is 12.8. The molecule has 3 aromatic carbocycles. The van der Waals surface area contributed by atoms with E-state index in [4.69, 9.17) is 0 Å². The Labute approximate surface area is 233 Å². The molecule has 0 saturated carbocycles. The van der Waals surface area contributed by atoms with Crippen LogP contribution in [-0.2, 0) is 20.8 Å². The number of rotatable bonds is 8. The normalized spacial score (nSPS) is 16.1. The van der Waals surface area contributed by atoms with E-state index in [2.05, 4.69) is 17.1 Å². The van der Waals surface area contributed by atoms with E-state index >= 15 is 0 Å². The molecule has 1 aliphatic rings. The molecule has 0 bridgehead atoms. The standard InChI is InChI=1S/C33H31N3O4/c1-4-31(37)34-30(19-24-8-6-5-7-9-24)33(39)36-20-27(17-25-12-14-29(35-40)15-13-25)32(38)28(21-36)18-26-11-10-22(2)23(3)16-26/h4-18,30H,1,19-21H2,2-3H3,(H,34,37)/b27-17+,28-18+/t30-/m0/s1. The summed E-state index contributed by atoms with van der Waals surface area (Å²) in [5.41, 5.74) is 5.88. The van der Waals surface area contributed by atoms with Crippen molar-refractivity contribution in [1.29, 1.82) is 0 Å². The molecule has 3 aromatic rings. The molecule has 1 fully saturated rings. The van der Waals surface area contributed by atoms with Crippen molar-refractivity contribution < 1.29 is 14.4 Å². The molecule has 7 heteroatoms. The van der Waals surface area contributed by atoms with Crippen molar-refractivity contribution in [3.05, 3.63) is 129 Å². The molecule has 1 N–H and O–H groups in total. The summed E-state index contributed by atoms with van der Waals surface area (Å²) < 4.78 is 0. The molecule has 4 rings (SSSR count). The van der Waals surface area contributed by atoms with Crippen LogP contribution in [0.25, 0.3) is 12.2 Å². The molecule has 0 radical (unpaired) electrons. The van der Waals surface area contributed by atoms with Crippen LogP contribution in [0, 0.1) is 18.8 Å². The zero-order valence-electron chi connectivity index (χ0n) is 22.6. The molecule has 1 aliphatic heterocycles. The highest BCUT2D eigenvalue weighted by Gasteiger charge is 2.33. The van der Waals surface area contributed by atoms with Crippen molar-refractivity contribution in [2.45, 2.75) is 26.3 Å². The zero-order chi connectivity index (χ0) is 28.6. The average Bonchev–Trinajstić information content (AvgIpc) is 2.97. The minimum Gasteiger partial charge on any atom is -0.340 e. The molecule has 202 valence electrons. The third-order valence-corrected chi connectivity index (χ3v) is 6.91. The number of benzene rings is 3. The largest absolute Gasteiger partial charge is 0.340 e. The highest BCUT2D eigenvalue weighted by molar-refractivity contribution is 6.15. The maximum absolute atomic E-state index is 13.9. The number of carbonyl (C=O) groups is 3. The minimum absolute atomic E-state index is 0.0743. The first-order valence-electron chi connectivity index (χ1n) is 13.0. The van der Waals surface area contributed by atoms with Gasteiger partial charge < -0.3 is 10.2 Å². The Balaban J connectivity index is 1.72. The van der Waals surface area contributed by atoms with Crippen molar-refractivity contribution in [1.82, 2.24) is 10.2 Å². The summed E-state index contributed by atoms with van der Waals surface area (Å²) in [4.78, 5) is 52.2. The third-order valence-electron chi connectivity index (χ3n) is 6.91. The van der Waals surface area contributed by atoms with E-state index in [0.717, 1.165) is 28.3 Å². The van der Waals surface area contributed by atoms with Gasteiger partial charge in [-0.2, -0.15) is 0 Å². The predicted octanol–water partition coefficient (Wildman–Crippen LogP) is 5.49. The van der Waals surface area contributed by atoms with Crippen molar-refractivity contribution >= 4 is 35.4 Å². The number of nitroso groups, excluding NO2 is 1. The first-order valence-corrected chi connectivity index (χ1v) is 13.0. The second-order valence-corrected chi connectivity index (χ2v) is 9.84. The Bertz CT molecular complexity index is 1500. The highest BCUT2D eigenvalue weighted by Crippen LogP contribution is 2.25. The Morgan fingerprint density at radius 1 is 0.925 bits per heavy atom. The van der Waals surface area contributed by atoms with Crippen molar-refractivity contribution in [3.8, 4) is 0 Å². The summed E-state index contributed by atoms with van der Waals surface area (Å²) in [6.07, 6.45) is 4.97. The van der Waals surface area contributed by atoms with E-state index in [9.17, 15) is 19.3 Å². The van der Waals surface area contributed by atoms with E-state index < -0.39 is 11.9 Å². The minimum atomic E-state index is -0.844. The van der Waals surface area contributed by atoms with Gasteiger partial charge in [0.15, 0.2) is 5.78 Å². The Morgan fingerprint density at radius 3 is 2.15 bits per heavy atom. The molecule has 1 heterocycles. The van der Waals surface area contributed by atoms with Gasteiger partial charge in [0.1, 0.15) is 11.7 Å². The molecule has 2 amide bonds. The Kier molecular flexibility index (Phi) is 8.96. The van der Waals surface area contributed by atoms with Crippen LogP contribution in [0.5, 0.6) is 0 Å². The number of nitrogens with zero attached hydrogens (tertiary/aromatic N) is 2. The third kappa shape index (κ3) is 6.94. The molecule has 0 aromatic heterocycles. The van der Waals surface area contributed by atoms with Crippen LogP contribution in [0.4, 0.5) is 5.69 Å². The van der Waals surface area contributed by atoms with Gasteiger partial charge in [-0.05, 0) is 77.2 Å². The number of Topliss-reactive ketones (excluding diaryl/α,β-unsaturated/α-hetero) is 1. The van der Waals surface area contributed by atoms with E-state index in [1.165, 1.54) is 0 Å². The first kappa shape index (κ1) is 28.1. The zero-order valence-corrected chi connectivity index (χ0v) is 22.6. The number of piperidine rings is 1. The molecule has 1 atom stereocenters. The van der Waals surface area contributed by atoms with Gasteiger partial charge in [0, 0.05) is 30.7 Å². The average molecular weight is 534 g/mol. The van der Waals surface area contributed by atoms with Crippen LogP contribution in [0.1, 0.15) is 27.8 Å². The lowest BCUT2D eigenvalue weighted by Gasteiger charge is -2.33. The van der Waals surface area contributed by atoms with Crippen LogP contribution in [-0.4, -0.2) is 41.6 Å². The molecule has 1 saturated heterocycles. The molecular formula is C33H31N3O4. The van der Waals surface area contributed by atoms with Gasteiger partial charge in [0.25, 0.3) is 0 Å². The van der Waals surface area contributed by atoms with Gasteiger partial charge in [0.05, 0.1) is 0 Å². The summed E-state index contributed by atoms with van der Waals surface area (Å²) in [5.74, 6) is -0.911. The van der Waals surface area contributed by atoms with Crippen LogP contribution in [0.2, 0.25) is 0 Å². The number of hydrogen-bond donors (Lipinski definition) is 1. The summed E-state index contributed by atoms with van der Waals surface area (Å²) in [7, 11) is 0. The van der Waals surface area contributed by atoms with E-state index in [0.29, 0.717) is 23.1 Å². The lowest BCUT2D eigenvalue weighted by Crippen LogP contribution is -2.52. The van der Waals surface area contributed by atoms with E-state index in [-0.39, 0.29) is 30.5 Å². The topological polar surface area (TPSA) is 95.9 Å². The van der Waals surface area contributed by atoms with Crippen molar-refractivity contribution in [3.63, 3.8) is 0 Å². The molecular weight excluding hydrogens is 502 g/mol. The van der Waals surface area contributed by atoms with Crippen molar-refractivity contribution in [2.24, 2.45) is 5.18 Å². The lowest BCUT2D eigenvalue weighted by atomic mass is 9.92. The number of nitrogens with one attached hydrogen (secondary N) is 1. The van der Waals surface area contributed by atoms with E-state index in [1.54, 1.807) is 35.2 Å². The Morgan fingerprint density at radius 2 is 1.55 bits per heavy atom. The van der Waals surface area contributed by atoms with Crippen molar-refractivity contribution in [2.75, 3.05) is 13.1 Å². The van der Waals surface area contributed by atoms with Crippen LogP contribution in [0.3, 0.4) is 0 Å². The number of ketones is 1. The summed E-state index contributed by atoms with van der Waals surface area (Å²) in [6, 6.07) is 21.1. The summed E-state index contributed by atoms with van der Waals surface area (Å²) >= 11 is 0. The maximum atomic E-state index is 13.9. The number of carbonyl (C=O) groups excluding carboxylic acids is 3. The summed E-state index contributed by atoms with van der Waals surface area (Å²) in [6.45, 7) is 7.73. The van der Waals surface area contributed by atoms with Crippen LogP contribution in [0.15, 0.2) is 102 Å². The van der Waals surface area contributed by atoms with Gasteiger partial charge in [-0.1, -0.05) is 67.2 Å². The highest BCUT2D eigenvalue weighted by atomic mass is 16.3. The van der Waals surface area contributed by atoms with Gasteiger partial charge >= 0.3 is 0 Å². The first-order chi connectivity index (χ1) is 19.3. The van der Waals surface area contributed by atoms with Gasteiger partial charge in [-0.15, -0.1) is 4.91 Å². The van der Waals surface area contributed by atoms with Gasteiger partial charge in [0.2, 0.25) is 11.8 Å². The summed E-state index contributed by atoms with van der Waals surface area (Å²) in [5, 5.41) is 5.69. The molecule has 40 heavy (non-hydrogen) atoms. The van der Waals surface area contributed by atoms with Gasteiger partial charge in [-0.25, -0.2) is 0 Å².